The van der Waals surface area contributed by atoms with E-state index in [-0.39, 0.29) is 43.5 Å². The van der Waals surface area contributed by atoms with Crippen LogP contribution in [0.1, 0.15) is 13.8 Å². The fraction of sp³-hybridized carbons (Fsp3) is 0.500. The summed E-state index contributed by atoms with van der Waals surface area (Å²) in [5.74, 6) is -0.849. The zero-order valence-electron chi connectivity index (χ0n) is 6.22. The van der Waals surface area contributed by atoms with Crippen molar-refractivity contribution in [2.75, 3.05) is 6.61 Å². The third-order valence-electron chi connectivity index (χ3n) is 0.608. The van der Waals surface area contributed by atoms with Crippen molar-refractivity contribution in [1.29, 1.82) is 0 Å². The van der Waals surface area contributed by atoms with Crippen molar-refractivity contribution < 1.29 is 14.6 Å². The Labute approximate surface area is 90.1 Å². The standard InChI is InChI=1S/C6H10O3.Ca/c1-3-9-6(8)4-5(2)7;/h4,7H,3H2,1-2H3;/q;+2/p-1. The van der Waals surface area contributed by atoms with E-state index in [2.05, 4.69) is 4.74 Å². The molecule has 0 rings (SSSR count). The van der Waals surface area contributed by atoms with Gasteiger partial charge in [-0.2, -0.15) is 0 Å². The van der Waals surface area contributed by atoms with Gasteiger partial charge in [0.2, 0.25) is 0 Å². The van der Waals surface area contributed by atoms with E-state index < -0.39 is 5.97 Å². The molecule has 0 aromatic carbocycles. The van der Waals surface area contributed by atoms with Crippen molar-refractivity contribution in [1.82, 2.24) is 0 Å². The number of rotatable bonds is 2. The van der Waals surface area contributed by atoms with Crippen LogP contribution in [0, 0.1) is 0 Å². The topological polar surface area (TPSA) is 49.4 Å². The van der Waals surface area contributed by atoms with Gasteiger partial charge in [0.1, 0.15) is 0 Å². The van der Waals surface area contributed by atoms with Crippen LogP contribution in [0.4, 0.5) is 0 Å². The maximum Gasteiger partial charge on any atom is 2.00 e. The predicted octanol–water partition coefficient (Wildman–Crippen LogP) is -0.567. The van der Waals surface area contributed by atoms with Crippen LogP contribution >= 0.6 is 0 Å². The van der Waals surface area contributed by atoms with Gasteiger partial charge >= 0.3 is 43.7 Å². The van der Waals surface area contributed by atoms with E-state index in [4.69, 9.17) is 0 Å². The van der Waals surface area contributed by atoms with Crippen molar-refractivity contribution in [3.63, 3.8) is 0 Å². The normalized spacial score (nSPS) is 10.0. The zero-order chi connectivity index (χ0) is 7.28. The minimum absolute atomic E-state index is 0. The maximum absolute atomic E-state index is 10.4. The van der Waals surface area contributed by atoms with Crippen LogP contribution in [0.5, 0.6) is 0 Å². The number of ether oxygens (including phenoxy) is 1. The quantitative estimate of drug-likeness (QED) is 0.241. The summed E-state index contributed by atoms with van der Waals surface area (Å²) in [7, 11) is 0. The molecule has 0 aromatic heterocycles. The van der Waals surface area contributed by atoms with E-state index in [0.717, 1.165) is 6.08 Å². The van der Waals surface area contributed by atoms with Gasteiger partial charge in [-0.25, -0.2) is 4.79 Å². The van der Waals surface area contributed by atoms with Crippen LogP contribution in [-0.2, 0) is 9.53 Å². The van der Waals surface area contributed by atoms with Crippen molar-refractivity contribution in [2.24, 2.45) is 0 Å². The van der Waals surface area contributed by atoms with Gasteiger partial charge in [-0.3, -0.25) is 0 Å². The Morgan fingerprint density at radius 3 is 2.50 bits per heavy atom. The molecule has 0 aliphatic heterocycles. The van der Waals surface area contributed by atoms with Gasteiger partial charge < -0.3 is 9.84 Å². The second-order valence-electron chi connectivity index (χ2n) is 1.51. The summed E-state index contributed by atoms with van der Waals surface area (Å²) < 4.78 is 4.44. The summed E-state index contributed by atoms with van der Waals surface area (Å²) in [5, 5.41) is 10.2. The molecule has 0 amide bonds. The van der Waals surface area contributed by atoms with E-state index in [1.165, 1.54) is 6.92 Å². The predicted molar refractivity (Wildman–Crippen MR) is 36.1 cm³/mol. The molecule has 0 fully saturated rings. The van der Waals surface area contributed by atoms with Gasteiger partial charge in [0.15, 0.2) is 0 Å². The first-order chi connectivity index (χ1) is 4.16. The molecule has 52 valence electrons. The molecule has 0 heterocycles. The first kappa shape index (κ1) is 12.9. The average Bonchev–Trinajstić information content (AvgIpc) is 1.63. The Balaban J connectivity index is 0. The third kappa shape index (κ3) is 8.27. The van der Waals surface area contributed by atoms with E-state index in [1.54, 1.807) is 6.92 Å². The van der Waals surface area contributed by atoms with Crippen molar-refractivity contribution in [2.45, 2.75) is 13.8 Å². The number of esters is 1. The van der Waals surface area contributed by atoms with Crippen LogP contribution < -0.4 is 5.11 Å². The molecular weight excluding hydrogens is 160 g/mol. The Hall–Kier alpha value is 0.270. The molecule has 0 spiro atoms. The van der Waals surface area contributed by atoms with Crippen molar-refractivity contribution in [3.05, 3.63) is 11.8 Å². The van der Waals surface area contributed by atoms with E-state index in [1.807, 2.05) is 0 Å². The summed E-state index contributed by atoms with van der Waals surface area (Å²) in [6.07, 6.45) is 0.920. The number of carbonyl (C=O) groups excluding carboxylic acids is 1. The Morgan fingerprint density at radius 2 is 2.20 bits per heavy atom. The molecule has 0 N–H and O–H groups in total. The van der Waals surface area contributed by atoms with Gasteiger partial charge in [-0.05, 0) is 6.92 Å². The third-order valence-corrected chi connectivity index (χ3v) is 0.608. The largest absolute Gasteiger partial charge is 2.00 e. The molecule has 0 saturated heterocycles. The summed E-state index contributed by atoms with van der Waals surface area (Å²) in [4.78, 5) is 10.4. The van der Waals surface area contributed by atoms with E-state index in [9.17, 15) is 9.90 Å². The fourth-order valence-electron chi connectivity index (χ4n) is 0.350. The number of hydrogen-bond acceptors (Lipinski definition) is 3. The van der Waals surface area contributed by atoms with Crippen LogP contribution in [-0.4, -0.2) is 50.3 Å². The molecule has 0 atom stereocenters. The Kier molecular flexibility index (Phi) is 9.52. The summed E-state index contributed by atoms with van der Waals surface area (Å²) in [5.41, 5.74) is 0. The van der Waals surface area contributed by atoms with Gasteiger partial charge in [0.25, 0.3) is 0 Å². The Bertz CT molecular complexity index is 127. The van der Waals surface area contributed by atoms with Crippen LogP contribution in [0.15, 0.2) is 11.8 Å². The Morgan fingerprint density at radius 1 is 1.70 bits per heavy atom. The first-order valence-electron chi connectivity index (χ1n) is 2.69. The van der Waals surface area contributed by atoms with Gasteiger partial charge in [-0.1, -0.05) is 6.92 Å². The molecule has 0 radical (unpaired) electrons. The molecule has 10 heavy (non-hydrogen) atoms. The molecule has 0 unspecified atom stereocenters. The number of hydrogen-bond donors (Lipinski definition) is 0. The number of allylic oxidation sites excluding steroid dienone is 1. The van der Waals surface area contributed by atoms with Crippen molar-refractivity contribution >= 4 is 43.7 Å². The summed E-state index contributed by atoms with van der Waals surface area (Å²) in [6, 6.07) is 0. The van der Waals surface area contributed by atoms with Gasteiger partial charge in [-0.15, -0.1) is 5.76 Å². The van der Waals surface area contributed by atoms with E-state index >= 15 is 0 Å². The molecule has 0 aliphatic carbocycles. The fourth-order valence-corrected chi connectivity index (χ4v) is 0.350. The van der Waals surface area contributed by atoms with Crippen LogP contribution in [0.25, 0.3) is 0 Å². The molecule has 0 saturated carbocycles. The smallest absolute Gasteiger partial charge is 0.875 e. The second-order valence-corrected chi connectivity index (χ2v) is 1.51. The van der Waals surface area contributed by atoms with Gasteiger partial charge in [0, 0.05) is 6.08 Å². The average molecular weight is 169 g/mol. The molecule has 0 bridgehead atoms. The minimum Gasteiger partial charge on any atom is -0.875 e. The molecular formula is C6H9CaO3+. The molecule has 4 heteroatoms. The first-order valence-corrected chi connectivity index (χ1v) is 2.69. The molecule has 0 aromatic rings. The molecule has 3 nitrogen and oxygen atoms in total. The van der Waals surface area contributed by atoms with Crippen LogP contribution in [0.3, 0.4) is 0 Å². The monoisotopic (exact) mass is 169 g/mol. The van der Waals surface area contributed by atoms with Crippen molar-refractivity contribution in [3.8, 4) is 0 Å². The van der Waals surface area contributed by atoms with Gasteiger partial charge in [0.05, 0.1) is 6.61 Å². The van der Waals surface area contributed by atoms with Crippen LogP contribution in [0.2, 0.25) is 0 Å². The maximum atomic E-state index is 10.4. The SMILES string of the molecule is CCOC(=O)C=C(C)[O-].[Ca+2]. The zero-order valence-corrected chi connectivity index (χ0v) is 8.42. The summed E-state index contributed by atoms with van der Waals surface area (Å²) in [6.45, 7) is 3.30. The summed E-state index contributed by atoms with van der Waals surface area (Å²) >= 11 is 0. The molecule has 0 aliphatic rings. The number of carbonyl (C=O) groups is 1. The van der Waals surface area contributed by atoms with E-state index in [0.29, 0.717) is 6.61 Å². The minimum atomic E-state index is -0.565. The second kappa shape index (κ2) is 7.38.